The van der Waals surface area contributed by atoms with Crippen molar-refractivity contribution < 1.29 is 8.42 Å². The third-order valence-electron chi connectivity index (χ3n) is 2.43. The monoisotopic (exact) mass is 294 g/mol. The second-order valence-corrected chi connectivity index (χ2v) is 6.32. The van der Waals surface area contributed by atoms with E-state index in [1.807, 2.05) is 6.92 Å². The van der Waals surface area contributed by atoms with Crippen LogP contribution in [0, 0.1) is 18.3 Å². The van der Waals surface area contributed by atoms with Crippen molar-refractivity contribution in [2.45, 2.75) is 18.4 Å². The van der Waals surface area contributed by atoms with Crippen LogP contribution in [0.15, 0.2) is 28.7 Å². The zero-order valence-corrected chi connectivity index (χ0v) is 11.6. The van der Waals surface area contributed by atoms with Crippen LogP contribution in [0.3, 0.4) is 0 Å². The van der Waals surface area contributed by atoms with Crippen LogP contribution in [-0.2, 0) is 16.6 Å². The van der Waals surface area contributed by atoms with Crippen LogP contribution in [0.4, 0.5) is 0 Å². The molecular weight excluding hydrogens is 284 g/mol. The van der Waals surface area contributed by atoms with E-state index in [2.05, 4.69) is 14.7 Å². The van der Waals surface area contributed by atoms with Gasteiger partial charge in [0.1, 0.15) is 11.0 Å². The van der Waals surface area contributed by atoms with Crippen molar-refractivity contribution in [3.63, 3.8) is 0 Å². The Balaban J connectivity index is 2.24. The predicted molar refractivity (Wildman–Crippen MR) is 69.8 cm³/mol. The van der Waals surface area contributed by atoms with Gasteiger partial charge in [-0.2, -0.15) is 5.26 Å². The fourth-order valence-electron chi connectivity index (χ4n) is 1.43. The topological polar surface area (TPSA) is 95.7 Å². The number of aryl methyl sites for hydroxylation is 1. The fraction of sp³-hybridized carbons (Fsp3) is 0.182. The van der Waals surface area contributed by atoms with Crippen molar-refractivity contribution in [2.24, 2.45) is 0 Å². The predicted octanol–water partition coefficient (Wildman–Crippen LogP) is 1.20. The number of aromatic nitrogens is 2. The average Bonchev–Trinajstić information content (AvgIpc) is 2.82. The summed E-state index contributed by atoms with van der Waals surface area (Å²) in [6.45, 7) is 1.96. The molecule has 98 valence electrons. The molecule has 2 aromatic heterocycles. The summed E-state index contributed by atoms with van der Waals surface area (Å²) >= 11 is 1.38. The molecule has 2 rings (SSSR count). The maximum atomic E-state index is 12.1. The molecule has 0 saturated carbocycles. The molecule has 0 fully saturated rings. The highest BCUT2D eigenvalue weighted by molar-refractivity contribution is 7.89. The Labute approximate surface area is 114 Å². The summed E-state index contributed by atoms with van der Waals surface area (Å²) in [4.78, 5) is 8.51. The zero-order valence-electron chi connectivity index (χ0n) is 9.99. The molecule has 0 aliphatic carbocycles. The molecule has 0 aliphatic rings. The van der Waals surface area contributed by atoms with E-state index in [0.29, 0.717) is 0 Å². The highest BCUT2D eigenvalue weighted by Gasteiger charge is 2.19. The van der Waals surface area contributed by atoms with E-state index in [4.69, 9.17) is 5.26 Å². The van der Waals surface area contributed by atoms with Crippen LogP contribution in [0.5, 0.6) is 0 Å². The van der Waals surface area contributed by atoms with Gasteiger partial charge in [-0.05, 0) is 19.1 Å². The maximum absolute atomic E-state index is 12.1. The molecule has 8 heteroatoms. The van der Waals surface area contributed by atoms with Crippen molar-refractivity contribution in [1.29, 1.82) is 5.26 Å². The number of hydrogen-bond donors (Lipinski definition) is 1. The van der Waals surface area contributed by atoms with Crippen LogP contribution in [0.2, 0.25) is 0 Å². The Morgan fingerprint density at radius 3 is 2.89 bits per heavy atom. The Morgan fingerprint density at radius 1 is 1.47 bits per heavy atom. The lowest BCUT2D eigenvalue weighted by Gasteiger charge is -2.06. The standard InChI is InChI=1S/C11H10N4O2S2/c1-8-10(18-7-14-8)6-15-19(16,17)11-3-2-4-13-9(11)5-12/h2-4,7,15H,6H2,1H3. The van der Waals surface area contributed by atoms with Crippen molar-refractivity contribution in [3.8, 4) is 6.07 Å². The molecule has 0 saturated heterocycles. The molecule has 2 aromatic rings. The van der Waals surface area contributed by atoms with Crippen LogP contribution in [0.25, 0.3) is 0 Å². The third-order valence-corrected chi connectivity index (χ3v) is 4.80. The first-order valence-electron chi connectivity index (χ1n) is 5.28. The molecule has 0 atom stereocenters. The van der Waals surface area contributed by atoms with Gasteiger partial charge in [0.05, 0.1) is 11.2 Å². The highest BCUT2D eigenvalue weighted by atomic mass is 32.2. The van der Waals surface area contributed by atoms with E-state index in [1.54, 1.807) is 11.6 Å². The minimum absolute atomic E-state index is 0.111. The van der Waals surface area contributed by atoms with Crippen molar-refractivity contribution in [2.75, 3.05) is 0 Å². The first kappa shape index (κ1) is 13.6. The molecule has 2 heterocycles. The fourth-order valence-corrected chi connectivity index (χ4v) is 3.33. The molecule has 1 N–H and O–H groups in total. The lowest BCUT2D eigenvalue weighted by molar-refractivity contribution is 0.581. The minimum Gasteiger partial charge on any atom is -0.250 e. The number of nitrogens with zero attached hydrogens (tertiary/aromatic N) is 3. The first-order valence-corrected chi connectivity index (χ1v) is 7.64. The van der Waals surface area contributed by atoms with Gasteiger partial charge >= 0.3 is 0 Å². The molecule has 0 aromatic carbocycles. The molecule has 0 bridgehead atoms. The van der Waals surface area contributed by atoms with Crippen molar-refractivity contribution in [1.82, 2.24) is 14.7 Å². The van der Waals surface area contributed by atoms with Gasteiger partial charge in [0.2, 0.25) is 10.0 Å². The number of nitriles is 1. The van der Waals surface area contributed by atoms with Gasteiger partial charge in [0.25, 0.3) is 0 Å². The molecule has 0 radical (unpaired) electrons. The van der Waals surface area contributed by atoms with Gasteiger partial charge in [-0.25, -0.2) is 23.1 Å². The molecule has 0 amide bonds. The number of thiazole rings is 1. The van der Waals surface area contributed by atoms with Crippen LogP contribution < -0.4 is 4.72 Å². The van der Waals surface area contributed by atoms with Gasteiger partial charge in [-0.3, -0.25) is 0 Å². The average molecular weight is 294 g/mol. The summed E-state index contributed by atoms with van der Waals surface area (Å²) in [7, 11) is -3.75. The number of nitrogens with one attached hydrogen (secondary N) is 1. The number of hydrogen-bond acceptors (Lipinski definition) is 6. The molecular formula is C11H10N4O2S2. The van der Waals surface area contributed by atoms with Crippen LogP contribution >= 0.6 is 11.3 Å². The van der Waals surface area contributed by atoms with Crippen LogP contribution in [-0.4, -0.2) is 18.4 Å². The van der Waals surface area contributed by atoms with E-state index in [1.165, 1.54) is 29.7 Å². The lowest BCUT2D eigenvalue weighted by atomic mass is 10.4. The number of rotatable bonds is 4. The smallest absolute Gasteiger partial charge is 0.243 e. The highest BCUT2D eigenvalue weighted by Crippen LogP contribution is 2.15. The summed E-state index contributed by atoms with van der Waals surface area (Å²) in [5.74, 6) is 0. The molecule has 0 spiro atoms. The second kappa shape index (κ2) is 5.44. The number of sulfonamides is 1. The Kier molecular flexibility index (Phi) is 3.90. The molecule has 0 unspecified atom stereocenters. The Hall–Kier alpha value is -1.82. The van der Waals surface area contributed by atoms with Crippen molar-refractivity contribution >= 4 is 21.4 Å². The van der Waals surface area contributed by atoms with E-state index >= 15 is 0 Å². The number of pyridine rings is 1. The molecule has 0 aliphatic heterocycles. The minimum atomic E-state index is -3.75. The normalized spacial score (nSPS) is 11.2. The van der Waals surface area contributed by atoms with E-state index in [0.717, 1.165) is 10.6 Å². The van der Waals surface area contributed by atoms with Gasteiger partial charge in [0.15, 0.2) is 5.69 Å². The Bertz CT molecular complexity index is 731. The quantitative estimate of drug-likeness (QED) is 0.914. The summed E-state index contributed by atoms with van der Waals surface area (Å²) in [6, 6.07) is 4.60. The molecule has 6 nitrogen and oxygen atoms in total. The van der Waals surface area contributed by atoms with E-state index in [9.17, 15) is 8.42 Å². The van der Waals surface area contributed by atoms with E-state index < -0.39 is 10.0 Å². The van der Waals surface area contributed by atoms with Crippen molar-refractivity contribution in [3.05, 3.63) is 40.1 Å². The third kappa shape index (κ3) is 2.96. The SMILES string of the molecule is Cc1ncsc1CNS(=O)(=O)c1cccnc1C#N. The van der Waals surface area contributed by atoms with Gasteiger partial charge in [0, 0.05) is 17.6 Å². The summed E-state index contributed by atoms with van der Waals surface area (Å²) < 4.78 is 26.6. The summed E-state index contributed by atoms with van der Waals surface area (Å²) in [5, 5.41) is 8.87. The first-order chi connectivity index (χ1) is 9.04. The zero-order chi connectivity index (χ0) is 13.9. The van der Waals surface area contributed by atoms with Gasteiger partial charge in [-0.15, -0.1) is 11.3 Å². The summed E-state index contributed by atoms with van der Waals surface area (Å²) in [6.07, 6.45) is 1.38. The molecule has 19 heavy (non-hydrogen) atoms. The van der Waals surface area contributed by atoms with Gasteiger partial charge < -0.3 is 0 Å². The summed E-state index contributed by atoms with van der Waals surface area (Å²) in [5.41, 5.74) is 2.33. The Morgan fingerprint density at radius 2 is 2.26 bits per heavy atom. The van der Waals surface area contributed by atoms with E-state index in [-0.39, 0.29) is 17.1 Å². The lowest BCUT2D eigenvalue weighted by Crippen LogP contribution is -2.24. The maximum Gasteiger partial charge on any atom is 0.243 e. The van der Waals surface area contributed by atoms with Gasteiger partial charge in [-0.1, -0.05) is 0 Å². The second-order valence-electron chi connectivity index (χ2n) is 3.65. The largest absolute Gasteiger partial charge is 0.250 e. The van der Waals surface area contributed by atoms with Crippen LogP contribution in [0.1, 0.15) is 16.3 Å².